The number of carboxylic acid groups (broad SMARTS) is 1. The number of carbonyl (C=O) groups is 2. The number of alkyl carbamates (subject to hydrolysis) is 1. The fourth-order valence-electron chi connectivity index (χ4n) is 4.38. The molecule has 0 bridgehead atoms. The molecule has 2 aliphatic rings. The minimum Gasteiger partial charge on any atom is -0.481 e. The van der Waals surface area contributed by atoms with Gasteiger partial charge >= 0.3 is 12.1 Å². The molecule has 1 heterocycles. The number of amides is 1. The standard InChI is InChI=1S/C23H25NO5/c1-14-10-11-21(29-14)20(12-22(25)26)24-23(27)28-13-19-17-8-4-2-6-15(17)16-7-3-5-9-18(16)19/h2-9,14,19-21H,10-13H2,1H3,(H,24,27)(H,25,26). The molecule has 29 heavy (non-hydrogen) atoms. The van der Waals surface area contributed by atoms with Crippen LogP contribution in [0.2, 0.25) is 0 Å². The second kappa shape index (κ2) is 8.25. The first kappa shape index (κ1) is 19.5. The van der Waals surface area contributed by atoms with Crippen LogP contribution in [0.5, 0.6) is 0 Å². The fraction of sp³-hybridized carbons (Fsp3) is 0.391. The number of hydrogen-bond donors (Lipinski definition) is 2. The summed E-state index contributed by atoms with van der Waals surface area (Å²) in [5.74, 6) is -1.01. The summed E-state index contributed by atoms with van der Waals surface area (Å²) in [6.07, 6.45) is 0.542. The predicted molar refractivity (Wildman–Crippen MR) is 108 cm³/mol. The quantitative estimate of drug-likeness (QED) is 0.774. The molecule has 0 spiro atoms. The van der Waals surface area contributed by atoms with Crippen molar-refractivity contribution in [3.05, 3.63) is 59.7 Å². The van der Waals surface area contributed by atoms with E-state index in [1.165, 1.54) is 0 Å². The van der Waals surface area contributed by atoms with Gasteiger partial charge in [-0.05, 0) is 42.0 Å². The van der Waals surface area contributed by atoms with Crippen LogP contribution in [-0.4, -0.2) is 42.0 Å². The Morgan fingerprint density at radius 2 is 1.72 bits per heavy atom. The van der Waals surface area contributed by atoms with E-state index in [-0.39, 0.29) is 31.2 Å². The number of rotatable bonds is 6. The lowest BCUT2D eigenvalue weighted by atomic mass is 9.98. The lowest BCUT2D eigenvalue weighted by molar-refractivity contribution is -0.138. The third kappa shape index (κ3) is 4.12. The van der Waals surface area contributed by atoms with Gasteiger partial charge in [0.05, 0.1) is 24.7 Å². The zero-order chi connectivity index (χ0) is 20.4. The summed E-state index contributed by atoms with van der Waals surface area (Å²) in [5, 5.41) is 11.9. The lowest BCUT2D eigenvalue weighted by Gasteiger charge is -2.23. The Balaban J connectivity index is 1.43. The minimum absolute atomic E-state index is 0.0335. The molecule has 2 aromatic carbocycles. The largest absolute Gasteiger partial charge is 0.481 e. The summed E-state index contributed by atoms with van der Waals surface area (Å²) in [6.45, 7) is 2.15. The van der Waals surface area contributed by atoms with E-state index in [4.69, 9.17) is 9.47 Å². The summed E-state index contributed by atoms with van der Waals surface area (Å²) < 4.78 is 11.3. The van der Waals surface area contributed by atoms with Gasteiger partial charge in [-0.15, -0.1) is 0 Å². The van der Waals surface area contributed by atoms with Crippen LogP contribution in [0.4, 0.5) is 4.79 Å². The van der Waals surface area contributed by atoms with E-state index in [1.54, 1.807) is 0 Å². The molecule has 1 aliphatic carbocycles. The average molecular weight is 395 g/mol. The molecular formula is C23H25NO5. The van der Waals surface area contributed by atoms with Gasteiger partial charge in [0.2, 0.25) is 0 Å². The van der Waals surface area contributed by atoms with Crippen LogP contribution in [0.25, 0.3) is 11.1 Å². The monoisotopic (exact) mass is 395 g/mol. The van der Waals surface area contributed by atoms with E-state index in [0.717, 1.165) is 35.1 Å². The second-order valence-corrected chi connectivity index (χ2v) is 7.74. The van der Waals surface area contributed by atoms with Gasteiger partial charge in [-0.25, -0.2) is 4.79 Å². The summed E-state index contributed by atoms with van der Waals surface area (Å²) in [4.78, 5) is 23.7. The number of carbonyl (C=O) groups excluding carboxylic acids is 1. The Morgan fingerprint density at radius 1 is 1.10 bits per heavy atom. The molecule has 6 nitrogen and oxygen atoms in total. The molecule has 0 saturated carbocycles. The molecule has 1 aliphatic heterocycles. The summed E-state index contributed by atoms with van der Waals surface area (Å²) >= 11 is 0. The molecule has 0 aromatic heterocycles. The van der Waals surface area contributed by atoms with Gasteiger partial charge in [-0.3, -0.25) is 4.79 Å². The van der Waals surface area contributed by atoms with Crippen LogP contribution < -0.4 is 5.32 Å². The molecular weight excluding hydrogens is 370 g/mol. The predicted octanol–water partition coefficient (Wildman–Crippen LogP) is 3.94. The Bertz CT molecular complexity index is 866. The highest BCUT2D eigenvalue weighted by Crippen LogP contribution is 2.44. The molecule has 3 unspecified atom stereocenters. The molecule has 2 aromatic rings. The molecule has 3 atom stereocenters. The fourth-order valence-corrected chi connectivity index (χ4v) is 4.38. The molecule has 2 N–H and O–H groups in total. The first-order chi connectivity index (χ1) is 14.0. The Labute approximate surface area is 169 Å². The number of fused-ring (bicyclic) bond motifs is 3. The van der Waals surface area contributed by atoms with Crippen LogP contribution >= 0.6 is 0 Å². The van der Waals surface area contributed by atoms with Gasteiger partial charge in [0.25, 0.3) is 0 Å². The van der Waals surface area contributed by atoms with Gasteiger partial charge in [0.15, 0.2) is 0 Å². The number of hydrogen-bond acceptors (Lipinski definition) is 4. The van der Waals surface area contributed by atoms with Crippen LogP contribution in [0.3, 0.4) is 0 Å². The first-order valence-corrected chi connectivity index (χ1v) is 10.0. The van der Waals surface area contributed by atoms with E-state index < -0.39 is 18.1 Å². The van der Waals surface area contributed by atoms with Crippen LogP contribution in [0, 0.1) is 0 Å². The van der Waals surface area contributed by atoms with E-state index in [2.05, 4.69) is 29.6 Å². The summed E-state index contributed by atoms with van der Waals surface area (Å²) in [7, 11) is 0. The molecule has 152 valence electrons. The molecule has 6 heteroatoms. The third-order valence-corrected chi connectivity index (χ3v) is 5.76. The maximum atomic E-state index is 12.5. The van der Waals surface area contributed by atoms with Crippen molar-refractivity contribution in [2.24, 2.45) is 0 Å². The first-order valence-electron chi connectivity index (χ1n) is 10.0. The highest BCUT2D eigenvalue weighted by molar-refractivity contribution is 5.79. The van der Waals surface area contributed by atoms with E-state index in [1.807, 2.05) is 31.2 Å². The van der Waals surface area contributed by atoms with E-state index in [9.17, 15) is 14.7 Å². The zero-order valence-electron chi connectivity index (χ0n) is 16.3. The number of ether oxygens (including phenoxy) is 2. The zero-order valence-corrected chi connectivity index (χ0v) is 16.3. The molecule has 1 saturated heterocycles. The molecule has 1 amide bonds. The van der Waals surface area contributed by atoms with Crippen molar-refractivity contribution in [1.82, 2.24) is 5.32 Å². The second-order valence-electron chi connectivity index (χ2n) is 7.74. The van der Waals surface area contributed by atoms with E-state index in [0.29, 0.717) is 0 Å². The van der Waals surface area contributed by atoms with Crippen molar-refractivity contribution >= 4 is 12.1 Å². The van der Waals surface area contributed by atoms with Gasteiger partial charge in [0, 0.05) is 5.92 Å². The topological polar surface area (TPSA) is 84.9 Å². The minimum atomic E-state index is -0.975. The van der Waals surface area contributed by atoms with Crippen molar-refractivity contribution in [3.8, 4) is 11.1 Å². The summed E-state index contributed by atoms with van der Waals surface area (Å²) in [6, 6.07) is 15.7. The Kier molecular flexibility index (Phi) is 5.53. The Morgan fingerprint density at radius 3 is 2.28 bits per heavy atom. The summed E-state index contributed by atoms with van der Waals surface area (Å²) in [5.41, 5.74) is 4.59. The smallest absolute Gasteiger partial charge is 0.407 e. The number of nitrogens with one attached hydrogen (secondary N) is 1. The molecule has 0 radical (unpaired) electrons. The Hall–Kier alpha value is -2.86. The van der Waals surface area contributed by atoms with Crippen LogP contribution in [-0.2, 0) is 14.3 Å². The van der Waals surface area contributed by atoms with Crippen molar-refractivity contribution in [2.45, 2.75) is 50.4 Å². The number of benzene rings is 2. The highest BCUT2D eigenvalue weighted by atomic mass is 16.6. The molecule has 4 rings (SSSR count). The SMILES string of the molecule is CC1CCC(C(CC(=O)O)NC(=O)OCC2c3ccccc3-c3ccccc32)O1. The number of carboxylic acids is 1. The maximum absolute atomic E-state index is 12.5. The molecule has 1 fully saturated rings. The van der Waals surface area contributed by atoms with Crippen molar-refractivity contribution in [1.29, 1.82) is 0 Å². The van der Waals surface area contributed by atoms with E-state index >= 15 is 0 Å². The normalized spacial score (nSPS) is 21.3. The van der Waals surface area contributed by atoms with Crippen molar-refractivity contribution in [3.63, 3.8) is 0 Å². The van der Waals surface area contributed by atoms with Gasteiger partial charge in [-0.2, -0.15) is 0 Å². The van der Waals surface area contributed by atoms with Crippen molar-refractivity contribution < 1.29 is 24.2 Å². The average Bonchev–Trinajstić information content (AvgIpc) is 3.27. The van der Waals surface area contributed by atoms with Gasteiger partial charge < -0.3 is 19.9 Å². The number of aliphatic carboxylic acids is 1. The van der Waals surface area contributed by atoms with Crippen LogP contribution in [0.1, 0.15) is 43.2 Å². The maximum Gasteiger partial charge on any atom is 0.407 e. The van der Waals surface area contributed by atoms with Gasteiger partial charge in [-0.1, -0.05) is 48.5 Å². The lowest BCUT2D eigenvalue weighted by Crippen LogP contribution is -2.45. The highest BCUT2D eigenvalue weighted by Gasteiger charge is 2.33. The van der Waals surface area contributed by atoms with Crippen LogP contribution in [0.15, 0.2) is 48.5 Å². The van der Waals surface area contributed by atoms with Crippen molar-refractivity contribution in [2.75, 3.05) is 6.61 Å². The third-order valence-electron chi connectivity index (χ3n) is 5.76. The van der Waals surface area contributed by atoms with Gasteiger partial charge in [0.1, 0.15) is 6.61 Å².